The monoisotopic (exact) mass is 427 g/mol. The molecule has 0 aliphatic heterocycles. The number of urea groups is 1. The predicted molar refractivity (Wildman–Crippen MR) is 116 cm³/mol. The molecule has 0 fully saturated rings. The lowest BCUT2D eigenvalue weighted by Gasteiger charge is -2.24. The summed E-state index contributed by atoms with van der Waals surface area (Å²) in [4.78, 5) is 14.2. The fraction of sp³-hybridized carbons (Fsp3) is 0.208. The standard InChI is InChI=1S/C24H24F3N3O/c1-3-13-30(23(31)28-22-12-5-4-11-21(22)24(25,26)27)17-20-10-7-14-29(20)16-19-9-6-8-18(2)15-19/h3-12,14-15H,1,13,16-17H2,2H3,(H,28,31). The molecule has 0 unspecified atom stereocenters. The minimum absolute atomic E-state index is 0.190. The van der Waals surface area contributed by atoms with E-state index in [1.807, 2.05) is 48.0 Å². The SMILES string of the molecule is C=CCN(Cc1cccn1Cc1cccc(C)c1)C(=O)Nc1ccccc1C(F)(F)F. The Morgan fingerprint density at radius 2 is 1.90 bits per heavy atom. The van der Waals surface area contributed by atoms with Crippen LogP contribution in [0.2, 0.25) is 0 Å². The number of halogens is 3. The molecule has 0 aliphatic carbocycles. The van der Waals surface area contributed by atoms with Crippen molar-refractivity contribution in [3.63, 3.8) is 0 Å². The van der Waals surface area contributed by atoms with E-state index in [0.717, 1.165) is 22.9 Å². The summed E-state index contributed by atoms with van der Waals surface area (Å²) in [5.41, 5.74) is 1.98. The number of rotatable bonds is 7. The number of nitrogens with zero attached hydrogens (tertiary/aromatic N) is 2. The zero-order chi connectivity index (χ0) is 22.4. The molecule has 0 saturated carbocycles. The van der Waals surface area contributed by atoms with Gasteiger partial charge in [-0.2, -0.15) is 13.2 Å². The van der Waals surface area contributed by atoms with Gasteiger partial charge in [-0.3, -0.25) is 0 Å². The molecular formula is C24H24F3N3O. The van der Waals surface area contributed by atoms with Gasteiger partial charge < -0.3 is 14.8 Å². The first-order valence-corrected chi connectivity index (χ1v) is 9.80. The van der Waals surface area contributed by atoms with E-state index in [2.05, 4.69) is 18.0 Å². The van der Waals surface area contributed by atoms with Crippen LogP contribution in [-0.2, 0) is 19.3 Å². The van der Waals surface area contributed by atoms with Crippen LogP contribution in [0.1, 0.15) is 22.4 Å². The van der Waals surface area contributed by atoms with Gasteiger partial charge in [0.1, 0.15) is 0 Å². The molecule has 31 heavy (non-hydrogen) atoms. The number of aryl methyl sites for hydroxylation is 1. The van der Waals surface area contributed by atoms with E-state index in [-0.39, 0.29) is 18.8 Å². The Labute approximate surface area is 179 Å². The van der Waals surface area contributed by atoms with Gasteiger partial charge in [0.05, 0.1) is 17.8 Å². The highest BCUT2D eigenvalue weighted by atomic mass is 19.4. The summed E-state index contributed by atoms with van der Waals surface area (Å²) < 4.78 is 41.8. The highest BCUT2D eigenvalue weighted by molar-refractivity contribution is 5.90. The van der Waals surface area contributed by atoms with E-state index in [1.165, 1.54) is 23.1 Å². The minimum atomic E-state index is -4.56. The van der Waals surface area contributed by atoms with Crippen LogP contribution in [0, 0.1) is 6.92 Å². The number of carbonyl (C=O) groups excluding carboxylic acids is 1. The highest BCUT2D eigenvalue weighted by Crippen LogP contribution is 2.34. The van der Waals surface area contributed by atoms with Crippen molar-refractivity contribution >= 4 is 11.7 Å². The van der Waals surface area contributed by atoms with Crippen LogP contribution in [0.15, 0.2) is 79.5 Å². The molecule has 162 valence electrons. The molecule has 7 heteroatoms. The van der Waals surface area contributed by atoms with Crippen molar-refractivity contribution in [1.82, 2.24) is 9.47 Å². The van der Waals surface area contributed by atoms with Gasteiger partial charge in [-0.05, 0) is 36.8 Å². The Kier molecular flexibility index (Phi) is 6.84. The average Bonchev–Trinajstić information content (AvgIpc) is 3.14. The first kappa shape index (κ1) is 22.2. The molecule has 1 heterocycles. The van der Waals surface area contributed by atoms with Crippen LogP contribution in [-0.4, -0.2) is 22.0 Å². The maximum Gasteiger partial charge on any atom is 0.418 e. The van der Waals surface area contributed by atoms with Crippen LogP contribution in [0.25, 0.3) is 0 Å². The number of hydrogen-bond acceptors (Lipinski definition) is 1. The number of amides is 2. The third kappa shape index (κ3) is 5.78. The maximum absolute atomic E-state index is 13.3. The maximum atomic E-state index is 13.3. The zero-order valence-corrected chi connectivity index (χ0v) is 17.2. The summed E-state index contributed by atoms with van der Waals surface area (Å²) in [5.74, 6) is 0. The molecule has 0 spiro atoms. The van der Waals surface area contributed by atoms with Gasteiger partial charge in [0.15, 0.2) is 0 Å². The fourth-order valence-corrected chi connectivity index (χ4v) is 3.36. The lowest BCUT2D eigenvalue weighted by Crippen LogP contribution is -2.35. The van der Waals surface area contributed by atoms with Crippen molar-refractivity contribution in [1.29, 1.82) is 0 Å². The van der Waals surface area contributed by atoms with Crippen LogP contribution in [0.3, 0.4) is 0 Å². The first-order chi connectivity index (χ1) is 14.8. The third-order valence-corrected chi connectivity index (χ3v) is 4.82. The normalized spacial score (nSPS) is 11.2. The number of para-hydroxylation sites is 1. The topological polar surface area (TPSA) is 37.3 Å². The van der Waals surface area contributed by atoms with Crippen molar-refractivity contribution < 1.29 is 18.0 Å². The second-order valence-electron chi connectivity index (χ2n) is 7.26. The van der Waals surface area contributed by atoms with Crippen molar-refractivity contribution in [2.45, 2.75) is 26.2 Å². The molecule has 2 amide bonds. The van der Waals surface area contributed by atoms with Crippen LogP contribution in [0.4, 0.5) is 23.7 Å². The smallest absolute Gasteiger partial charge is 0.345 e. The van der Waals surface area contributed by atoms with Gasteiger partial charge >= 0.3 is 12.2 Å². The molecule has 0 aliphatic rings. The summed E-state index contributed by atoms with van der Waals surface area (Å²) >= 11 is 0. The Bertz CT molecular complexity index is 1060. The van der Waals surface area contributed by atoms with E-state index in [1.54, 1.807) is 6.08 Å². The molecule has 1 N–H and O–H groups in total. The number of benzene rings is 2. The molecular weight excluding hydrogens is 403 g/mol. The largest absolute Gasteiger partial charge is 0.418 e. The second-order valence-corrected chi connectivity index (χ2v) is 7.26. The van der Waals surface area contributed by atoms with Crippen molar-refractivity contribution in [2.75, 3.05) is 11.9 Å². The van der Waals surface area contributed by atoms with E-state index >= 15 is 0 Å². The molecule has 3 rings (SSSR count). The Hall–Kier alpha value is -3.48. The van der Waals surface area contributed by atoms with Gasteiger partial charge in [-0.1, -0.05) is 48.0 Å². The average molecular weight is 427 g/mol. The van der Waals surface area contributed by atoms with Crippen LogP contribution in [0.5, 0.6) is 0 Å². The molecule has 0 bridgehead atoms. The number of nitrogens with one attached hydrogen (secondary N) is 1. The molecule has 2 aromatic carbocycles. The fourth-order valence-electron chi connectivity index (χ4n) is 3.36. The summed E-state index contributed by atoms with van der Waals surface area (Å²) in [5, 5.41) is 2.40. The van der Waals surface area contributed by atoms with E-state index in [9.17, 15) is 18.0 Å². The van der Waals surface area contributed by atoms with Crippen LogP contribution >= 0.6 is 0 Å². The summed E-state index contributed by atoms with van der Waals surface area (Å²) in [6.07, 6.45) is -1.10. The Morgan fingerprint density at radius 1 is 1.13 bits per heavy atom. The summed E-state index contributed by atoms with van der Waals surface area (Å²) in [6, 6.07) is 16.2. The molecule has 0 radical (unpaired) electrons. The van der Waals surface area contributed by atoms with Gasteiger partial charge in [-0.15, -0.1) is 6.58 Å². The summed E-state index contributed by atoms with van der Waals surface area (Å²) in [7, 11) is 0. The van der Waals surface area contributed by atoms with Crippen LogP contribution < -0.4 is 5.32 Å². The molecule has 1 aromatic heterocycles. The lowest BCUT2D eigenvalue weighted by atomic mass is 10.1. The number of carbonyl (C=O) groups is 1. The highest BCUT2D eigenvalue weighted by Gasteiger charge is 2.33. The predicted octanol–water partition coefficient (Wildman–Crippen LogP) is 6.08. The number of hydrogen-bond donors (Lipinski definition) is 1. The second kappa shape index (κ2) is 9.55. The number of alkyl halides is 3. The molecule has 0 saturated heterocycles. The third-order valence-electron chi connectivity index (χ3n) is 4.82. The molecule has 4 nitrogen and oxygen atoms in total. The van der Waals surface area contributed by atoms with E-state index in [0.29, 0.717) is 6.54 Å². The number of aromatic nitrogens is 1. The van der Waals surface area contributed by atoms with E-state index in [4.69, 9.17) is 0 Å². The zero-order valence-electron chi connectivity index (χ0n) is 17.2. The lowest BCUT2D eigenvalue weighted by molar-refractivity contribution is -0.136. The number of anilines is 1. The van der Waals surface area contributed by atoms with E-state index < -0.39 is 17.8 Å². The molecule has 3 aromatic rings. The Balaban J connectivity index is 1.78. The van der Waals surface area contributed by atoms with Crippen molar-refractivity contribution in [3.05, 3.63) is 102 Å². The molecule has 0 atom stereocenters. The van der Waals surface area contributed by atoms with Gasteiger partial charge in [0.2, 0.25) is 0 Å². The quantitative estimate of drug-likeness (QED) is 0.456. The summed E-state index contributed by atoms with van der Waals surface area (Å²) in [6.45, 7) is 6.74. The van der Waals surface area contributed by atoms with Gasteiger partial charge in [0.25, 0.3) is 0 Å². The first-order valence-electron chi connectivity index (χ1n) is 9.80. The van der Waals surface area contributed by atoms with Crippen molar-refractivity contribution in [2.24, 2.45) is 0 Å². The Morgan fingerprint density at radius 3 is 2.61 bits per heavy atom. The van der Waals surface area contributed by atoms with Gasteiger partial charge in [0, 0.05) is 25.0 Å². The van der Waals surface area contributed by atoms with Crippen molar-refractivity contribution in [3.8, 4) is 0 Å². The van der Waals surface area contributed by atoms with Gasteiger partial charge in [-0.25, -0.2) is 4.79 Å². The minimum Gasteiger partial charge on any atom is -0.345 e.